The lowest BCUT2D eigenvalue weighted by Gasteiger charge is -2.29. The molecule has 14 heavy (non-hydrogen) atoms. The largest absolute Gasteiger partial charge is 0.354 e. The molecule has 1 atom stereocenters. The van der Waals surface area contributed by atoms with Crippen molar-refractivity contribution in [2.45, 2.75) is 45.1 Å². The molecule has 0 bridgehead atoms. The molecule has 1 unspecified atom stereocenters. The van der Waals surface area contributed by atoms with Gasteiger partial charge in [0.05, 0.1) is 0 Å². The zero-order valence-electron chi connectivity index (χ0n) is 8.68. The Morgan fingerprint density at radius 3 is 2.57 bits per heavy atom. The first kappa shape index (κ1) is 10.7. The maximum absolute atomic E-state index is 10.9. The highest BCUT2D eigenvalue weighted by atomic mass is 127. The predicted octanol–water partition coefficient (Wildman–Crippen LogP) is 2.51. The van der Waals surface area contributed by atoms with Gasteiger partial charge in [-0.25, -0.2) is 0 Å². The second kappa shape index (κ2) is 3.99. The summed E-state index contributed by atoms with van der Waals surface area (Å²) >= 11 is 2.51. The van der Waals surface area contributed by atoms with Gasteiger partial charge < -0.3 is 5.32 Å². The van der Waals surface area contributed by atoms with Crippen LogP contribution in [0.3, 0.4) is 0 Å². The minimum absolute atomic E-state index is 0.132. The van der Waals surface area contributed by atoms with Crippen LogP contribution in [0.15, 0.2) is 0 Å². The van der Waals surface area contributed by atoms with Gasteiger partial charge in [-0.05, 0) is 43.4 Å². The first-order valence-corrected chi connectivity index (χ1v) is 7.02. The van der Waals surface area contributed by atoms with Crippen LogP contribution in [-0.4, -0.2) is 16.4 Å². The van der Waals surface area contributed by atoms with Crippen LogP contribution in [0.25, 0.3) is 0 Å². The number of alkyl halides is 1. The van der Waals surface area contributed by atoms with Crippen LogP contribution in [0.4, 0.5) is 0 Å². The molecule has 0 radical (unpaired) electrons. The van der Waals surface area contributed by atoms with Crippen molar-refractivity contribution in [1.29, 1.82) is 0 Å². The normalized spacial score (nSPS) is 41.0. The number of rotatable bonds is 2. The van der Waals surface area contributed by atoms with E-state index >= 15 is 0 Å². The summed E-state index contributed by atoms with van der Waals surface area (Å²) in [5.74, 6) is 1.12. The zero-order valence-corrected chi connectivity index (χ0v) is 10.8. The number of hydrogen-bond acceptors (Lipinski definition) is 1. The molecule has 2 nitrogen and oxygen atoms in total. The number of carbonyl (C=O) groups is 1. The van der Waals surface area contributed by atoms with Crippen LogP contribution < -0.4 is 5.32 Å². The predicted molar refractivity (Wildman–Crippen MR) is 65.5 cm³/mol. The summed E-state index contributed by atoms with van der Waals surface area (Å²) in [5, 5.41) is 3.04. The van der Waals surface area contributed by atoms with Crippen molar-refractivity contribution < 1.29 is 4.79 Å². The minimum Gasteiger partial charge on any atom is -0.354 e. The van der Waals surface area contributed by atoms with Crippen molar-refractivity contribution in [3.63, 3.8) is 0 Å². The molecule has 3 heteroatoms. The molecular weight excluding hydrogens is 289 g/mol. The van der Waals surface area contributed by atoms with Crippen molar-refractivity contribution in [3.05, 3.63) is 0 Å². The smallest absolute Gasteiger partial charge is 0.217 e. The molecule has 1 N–H and O–H groups in total. The monoisotopic (exact) mass is 307 g/mol. The van der Waals surface area contributed by atoms with Crippen LogP contribution in [-0.2, 0) is 4.79 Å². The van der Waals surface area contributed by atoms with Gasteiger partial charge in [0, 0.05) is 17.4 Å². The van der Waals surface area contributed by atoms with E-state index in [4.69, 9.17) is 0 Å². The van der Waals surface area contributed by atoms with E-state index in [1.807, 2.05) is 0 Å². The van der Waals surface area contributed by atoms with E-state index < -0.39 is 0 Å². The van der Waals surface area contributed by atoms with Crippen LogP contribution in [0.5, 0.6) is 0 Å². The summed E-state index contributed by atoms with van der Waals surface area (Å²) in [7, 11) is 0. The Hall–Kier alpha value is 0.200. The molecular formula is C11H18INO. The molecule has 0 aromatic heterocycles. The molecule has 0 aliphatic heterocycles. The van der Waals surface area contributed by atoms with Gasteiger partial charge >= 0.3 is 0 Å². The molecule has 0 saturated heterocycles. The Morgan fingerprint density at radius 1 is 1.50 bits per heavy atom. The van der Waals surface area contributed by atoms with E-state index in [2.05, 4.69) is 27.9 Å². The van der Waals surface area contributed by atoms with E-state index in [0.29, 0.717) is 11.5 Å². The molecule has 0 aromatic carbocycles. The lowest BCUT2D eigenvalue weighted by molar-refractivity contribution is -0.119. The van der Waals surface area contributed by atoms with Gasteiger partial charge in [0.15, 0.2) is 0 Å². The molecule has 2 fully saturated rings. The minimum atomic E-state index is 0.132. The quantitative estimate of drug-likeness (QED) is 0.616. The van der Waals surface area contributed by atoms with Gasteiger partial charge in [-0.1, -0.05) is 22.6 Å². The molecule has 1 amide bonds. The van der Waals surface area contributed by atoms with E-state index in [-0.39, 0.29) is 5.91 Å². The maximum Gasteiger partial charge on any atom is 0.217 e. The van der Waals surface area contributed by atoms with Crippen molar-refractivity contribution in [2.24, 2.45) is 11.3 Å². The van der Waals surface area contributed by atoms with Crippen LogP contribution in [0.2, 0.25) is 0 Å². The molecule has 2 saturated carbocycles. The topological polar surface area (TPSA) is 29.1 Å². The fourth-order valence-electron chi connectivity index (χ4n) is 2.89. The lowest BCUT2D eigenvalue weighted by atomic mass is 9.82. The third-order valence-electron chi connectivity index (χ3n) is 3.93. The number of halogens is 1. The third kappa shape index (κ3) is 2.07. The Morgan fingerprint density at radius 2 is 2.14 bits per heavy atom. The second-order valence-corrected chi connectivity index (χ2v) is 5.77. The number of carbonyl (C=O) groups excluding carboxylic acids is 1. The van der Waals surface area contributed by atoms with Crippen molar-refractivity contribution >= 4 is 28.5 Å². The SMILES string of the molecule is CC(=O)NC1CCC2(CC1)CC2CI. The molecule has 0 aromatic rings. The summed E-state index contributed by atoms with van der Waals surface area (Å²) in [6.45, 7) is 1.62. The van der Waals surface area contributed by atoms with Gasteiger partial charge in [-0.3, -0.25) is 4.79 Å². The van der Waals surface area contributed by atoms with Crippen LogP contribution in [0.1, 0.15) is 39.0 Å². The highest BCUT2D eigenvalue weighted by Crippen LogP contribution is 2.61. The maximum atomic E-state index is 10.9. The van der Waals surface area contributed by atoms with Crippen molar-refractivity contribution in [2.75, 3.05) is 4.43 Å². The highest BCUT2D eigenvalue weighted by molar-refractivity contribution is 14.1. The third-order valence-corrected chi connectivity index (χ3v) is 5.00. The fraction of sp³-hybridized carbons (Fsp3) is 0.909. The van der Waals surface area contributed by atoms with E-state index in [0.717, 1.165) is 5.92 Å². The van der Waals surface area contributed by atoms with Gasteiger partial charge in [0.2, 0.25) is 5.91 Å². The van der Waals surface area contributed by atoms with Gasteiger partial charge in [0.25, 0.3) is 0 Å². The summed E-state index contributed by atoms with van der Waals surface area (Å²) in [5.41, 5.74) is 0.705. The van der Waals surface area contributed by atoms with Gasteiger partial charge in [-0.15, -0.1) is 0 Å². The zero-order chi connectivity index (χ0) is 10.2. The second-order valence-electron chi connectivity index (χ2n) is 4.89. The first-order valence-electron chi connectivity index (χ1n) is 5.49. The molecule has 0 heterocycles. The van der Waals surface area contributed by atoms with E-state index in [9.17, 15) is 4.79 Å². The Balaban J connectivity index is 1.79. The van der Waals surface area contributed by atoms with Crippen LogP contribution >= 0.6 is 22.6 Å². The first-order chi connectivity index (χ1) is 6.66. The molecule has 1 spiro atoms. The molecule has 80 valence electrons. The number of amides is 1. The highest BCUT2D eigenvalue weighted by Gasteiger charge is 2.53. The average molecular weight is 307 g/mol. The summed E-state index contributed by atoms with van der Waals surface area (Å²) in [4.78, 5) is 10.9. The van der Waals surface area contributed by atoms with Gasteiger partial charge in [0.1, 0.15) is 0 Å². The molecule has 2 aliphatic rings. The van der Waals surface area contributed by atoms with Gasteiger partial charge in [-0.2, -0.15) is 0 Å². The Kier molecular flexibility index (Phi) is 3.05. The summed E-state index contributed by atoms with van der Waals surface area (Å²) < 4.78 is 1.32. The molecule has 2 rings (SSSR count). The lowest BCUT2D eigenvalue weighted by Crippen LogP contribution is -2.36. The number of hydrogen-bond donors (Lipinski definition) is 1. The summed E-state index contributed by atoms with van der Waals surface area (Å²) in [6, 6.07) is 0.466. The van der Waals surface area contributed by atoms with Crippen LogP contribution in [0, 0.1) is 11.3 Å². The van der Waals surface area contributed by atoms with Crippen molar-refractivity contribution in [1.82, 2.24) is 5.32 Å². The average Bonchev–Trinajstić information content (AvgIpc) is 2.83. The van der Waals surface area contributed by atoms with E-state index in [1.54, 1.807) is 6.92 Å². The number of nitrogens with one attached hydrogen (secondary N) is 1. The van der Waals surface area contributed by atoms with E-state index in [1.165, 1.54) is 36.5 Å². The molecule has 2 aliphatic carbocycles. The summed E-state index contributed by atoms with van der Waals surface area (Å²) in [6.07, 6.45) is 6.53. The van der Waals surface area contributed by atoms with Crippen molar-refractivity contribution in [3.8, 4) is 0 Å². The fourth-order valence-corrected chi connectivity index (χ4v) is 4.13. The standard InChI is InChI=1S/C11H18INO/c1-8(14)13-10-2-4-11(5-3-10)6-9(11)7-12/h9-10H,2-7H2,1H3,(H,13,14). The Labute approximate surface area is 99.4 Å². The Bertz CT molecular complexity index is 233.